The van der Waals surface area contributed by atoms with Crippen molar-refractivity contribution in [3.63, 3.8) is 0 Å². The Morgan fingerprint density at radius 3 is 2.42 bits per heavy atom. The van der Waals surface area contributed by atoms with Gasteiger partial charge in [0.2, 0.25) is 0 Å². The summed E-state index contributed by atoms with van der Waals surface area (Å²) in [5.41, 5.74) is 4.34. The van der Waals surface area contributed by atoms with Gasteiger partial charge in [0.1, 0.15) is 0 Å². The van der Waals surface area contributed by atoms with E-state index in [1.165, 1.54) is 5.56 Å². The second kappa shape index (κ2) is 7.68. The molecular formula is C22H23N3O. The number of para-hydroxylation sites is 1. The highest BCUT2D eigenvalue weighted by Gasteiger charge is 2.19. The summed E-state index contributed by atoms with van der Waals surface area (Å²) in [6, 6.07) is 20.8. The van der Waals surface area contributed by atoms with Crippen molar-refractivity contribution in [3.05, 3.63) is 84.6 Å². The van der Waals surface area contributed by atoms with E-state index in [9.17, 15) is 5.11 Å². The van der Waals surface area contributed by atoms with Gasteiger partial charge in [-0.3, -0.25) is 0 Å². The van der Waals surface area contributed by atoms with E-state index in [2.05, 4.69) is 47.9 Å². The van der Waals surface area contributed by atoms with Crippen LogP contribution in [0.2, 0.25) is 0 Å². The molecule has 26 heavy (non-hydrogen) atoms. The third-order valence-corrected chi connectivity index (χ3v) is 4.82. The normalized spacial score (nSPS) is 19.1. The number of aliphatic hydroxyl groups excluding tert-OH is 1. The van der Waals surface area contributed by atoms with Crippen molar-refractivity contribution < 1.29 is 5.11 Å². The Morgan fingerprint density at radius 1 is 1.00 bits per heavy atom. The Hall–Kier alpha value is -2.69. The van der Waals surface area contributed by atoms with Crippen molar-refractivity contribution in [2.45, 2.75) is 19.0 Å². The van der Waals surface area contributed by atoms with Crippen LogP contribution in [0.3, 0.4) is 0 Å². The third-order valence-electron chi connectivity index (χ3n) is 4.82. The van der Waals surface area contributed by atoms with Gasteiger partial charge in [-0.2, -0.15) is 5.10 Å². The molecule has 4 rings (SSSR count). The molecule has 0 fully saturated rings. The summed E-state index contributed by atoms with van der Waals surface area (Å²) in [4.78, 5) is 0. The molecule has 2 N–H and O–H groups in total. The maximum atomic E-state index is 9.30. The molecule has 0 unspecified atom stereocenters. The predicted molar refractivity (Wildman–Crippen MR) is 104 cm³/mol. The summed E-state index contributed by atoms with van der Waals surface area (Å²) in [7, 11) is 0. The topological polar surface area (TPSA) is 50.1 Å². The average Bonchev–Trinajstić information content (AvgIpc) is 3.34. The van der Waals surface area contributed by atoms with Crippen LogP contribution in [-0.2, 0) is 6.54 Å². The Bertz CT molecular complexity index is 871. The SMILES string of the molecule is OC[C@H]1C=C[C@@H](NCc2cn(-c3ccccc3)nc2-c2ccccc2)C1. The van der Waals surface area contributed by atoms with Gasteiger partial charge in [0.05, 0.1) is 11.4 Å². The van der Waals surface area contributed by atoms with E-state index in [0.29, 0.717) is 6.04 Å². The van der Waals surface area contributed by atoms with Gasteiger partial charge >= 0.3 is 0 Å². The molecule has 4 nitrogen and oxygen atoms in total. The number of nitrogens with zero attached hydrogens (tertiary/aromatic N) is 2. The smallest absolute Gasteiger partial charge is 0.0972 e. The average molecular weight is 345 g/mol. The molecule has 0 amide bonds. The Morgan fingerprint density at radius 2 is 1.73 bits per heavy atom. The highest BCUT2D eigenvalue weighted by molar-refractivity contribution is 5.63. The molecule has 2 atom stereocenters. The number of benzene rings is 2. The zero-order valence-electron chi connectivity index (χ0n) is 14.6. The monoisotopic (exact) mass is 345 g/mol. The fourth-order valence-electron chi connectivity index (χ4n) is 3.39. The molecular weight excluding hydrogens is 322 g/mol. The molecule has 3 aromatic rings. The lowest BCUT2D eigenvalue weighted by Crippen LogP contribution is -2.26. The highest BCUT2D eigenvalue weighted by atomic mass is 16.3. The minimum absolute atomic E-state index is 0.218. The van der Waals surface area contributed by atoms with Gasteiger partial charge in [0.25, 0.3) is 0 Å². The number of aromatic nitrogens is 2. The van der Waals surface area contributed by atoms with Gasteiger partial charge < -0.3 is 10.4 Å². The predicted octanol–water partition coefficient (Wildman–Crippen LogP) is 3.57. The van der Waals surface area contributed by atoms with Crippen LogP contribution in [-0.4, -0.2) is 27.5 Å². The fraction of sp³-hybridized carbons (Fsp3) is 0.227. The summed E-state index contributed by atoms with van der Waals surface area (Å²) in [6.45, 7) is 0.958. The van der Waals surface area contributed by atoms with Crippen molar-refractivity contribution >= 4 is 0 Å². The van der Waals surface area contributed by atoms with Crippen molar-refractivity contribution in [2.75, 3.05) is 6.61 Å². The highest BCUT2D eigenvalue weighted by Crippen LogP contribution is 2.24. The number of nitrogens with one attached hydrogen (secondary N) is 1. The van der Waals surface area contributed by atoms with Crippen molar-refractivity contribution in [1.82, 2.24) is 15.1 Å². The molecule has 2 aromatic carbocycles. The van der Waals surface area contributed by atoms with E-state index >= 15 is 0 Å². The van der Waals surface area contributed by atoms with E-state index in [0.717, 1.165) is 29.9 Å². The quantitative estimate of drug-likeness (QED) is 0.672. The van der Waals surface area contributed by atoms with Crippen LogP contribution >= 0.6 is 0 Å². The van der Waals surface area contributed by atoms with Crippen LogP contribution in [0, 0.1) is 5.92 Å². The molecule has 0 spiro atoms. The fourth-order valence-corrected chi connectivity index (χ4v) is 3.39. The van der Waals surface area contributed by atoms with Gasteiger partial charge in [0, 0.05) is 42.4 Å². The molecule has 1 aromatic heterocycles. The third kappa shape index (κ3) is 3.62. The van der Waals surface area contributed by atoms with Crippen LogP contribution < -0.4 is 5.32 Å². The van der Waals surface area contributed by atoms with Gasteiger partial charge in [-0.05, 0) is 18.6 Å². The van der Waals surface area contributed by atoms with Crippen LogP contribution in [0.1, 0.15) is 12.0 Å². The molecule has 1 heterocycles. The summed E-state index contributed by atoms with van der Waals surface area (Å²) < 4.78 is 1.94. The summed E-state index contributed by atoms with van der Waals surface area (Å²) in [5, 5.41) is 17.7. The van der Waals surface area contributed by atoms with E-state index in [-0.39, 0.29) is 12.5 Å². The number of hydrogen-bond donors (Lipinski definition) is 2. The van der Waals surface area contributed by atoms with Crippen molar-refractivity contribution in [2.24, 2.45) is 5.92 Å². The second-order valence-corrected chi connectivity index (χ2v) is 6.70. The minimum Gasteiger partial charge on any atom is -0.396 e. The summed E-state index contributed by atoms with van der Waals surface area (Å²) in [5.74, 6) is 0.271. The zero-order chi connectivity index (χ0) is 17.8. The van der Waals surface area contributed by atoms with Gasteiger partial charge in [0.15, 0.2) is 0 Å². The number of rotatable bonds is 6. The molecule has 132 valence electrons. The minimum atomic E-state index is 0.218. The molecule has 0 saturated heterocycles. The molecule has 1 aliphatic carbocycles. The van der Waals surface area contributed by atoms with Crippen molar-refractivity contribution in [3.8, 4) is 16.9 Å². The lowest BCUT2D eigenvalue weighted by atomic mass is 10.1. The van der Waals surface area contributed by atoms with Crippen LogP contribution in [0.5, 0.6) is 0 Å². The maximum absolute atomic E-state index is 9.30. The molecule has 0 aliphatic heterocycles. The zero-order valence-corrected chi connectivity index (χ0v) is 14.6. The molecule has 4 heteroatoms. The first-order valence-corrected chi connectivity index (χ1v) is 9.05. The Kier molecular flexibility index (Phi) is 4.95. The molecule has 0 radical (unpaired) electrons. The lowest BCUT2D eigenvalue weighted by Gasteiger charge is -2.12. The summed E-state index contributed by atoms with van der Waals surface area (Å²) in [6.07, 6.45) is 7.31. The lowest BCUT2D eigenvalue weighted by molar-refractivity contribution is 0.246. The first-order valence-electron chi connectivity index (χ1n) is 9.05. The Balaban J connectivity index is 1.60. The standard InChI is InChI=1S/C22H23N3O/c26-16-17-11-12-20(13-17)23-14-19-15-25(21-9-5-2-6-10-21)24-22(19)18-7-3-1-4-8-18/h1-12,15,17,20,23,26H,13-14,16H2/t17-,20+/m0/s1. The van der Waals surface area contributed by atoms with Crippen LogP contribution in [0.25, 0.3) is 16.9 Å². The number of aliphatic hydroxyl groups is 1. The van der Waals surface area contributed by atoms with Crippen molar-refractivity contribution in [1.29, 1.82) is 0 Å². The van der Waals surface area contributed by atoms with Gasteiger partial charge in [-0.1, -0.05) is 60.7 Å². The molecule has 0 saturated carbocycles. The Labute approximate surface area is 153 Å². The largest absolute Gasteiger partial charge is 0.396 e. The second-order valence-electron chi connectivity index (χ2n) is 6.70. The van der Waals surface area contributed by atoms with Gasteiger partial charge in [-0.15, -0.1) is 0 Å². The van der Waals surface area contributed by atoms with E-state index in [1.54, 1.807) is 0 Å². The molecule has 1 aliphatic rings. The van der Waals surface area contributed by atoms with E-state index in [1.807, 2.05) is 41.1 Å². The van der Waals surface area contributed by atoms with Gasteiger partial charge in [-0.25, -0.2) is 4.68 Å². The number of hydrogen-bond acceptors (Lipinski definition) is 3. The van der Waals surface area contributed by atoms with Crippen LogP contribution in [0.4, 0.5) is 0 Å². The first-order chi connectivity index (χ1) is 12.8. The van der Waals surface area contributed by atoms with E-state index < -0.39 is 0 Å². The summed E-state index contributed by atoms with van der Waals surface area (Å²) >= 11 is 0. The van der Waals surface area contributed by atoms with E-state index in [4.69, 9.17) is 5.10 Å². The first kappa shape index (κ1) is 16.8. The molecule has 0 bridgehead atoms. The van der Waals surface area contributed by atoms with Crippen LogP contribution in [0.15, 0.2) is 79.0 Å². The maximum Gasteiger partial charge on any atom is 0.0972 e.